The van der Waals surface area contributed by atoms with Gasteiger partial charge < -0.3 is 10.2 Å². The number of hydrogen-bond acceptors (Lipinski definition) is 6. The Labute approximate surface area is 234 Å². The fourth-order valence-electron chi connectivity index (χ4n) is 9.22. The lowest BCUT2D eigenvalue weighted by atomic mass is 9.46. The molecule has 1 N–H and O–H groups in total. The molecule has 1 saturated heterocycles. The number of ketones is 1. The summed E-state index contributed by atoms with van der Waals surface area (Å²) in [4.78, 5) is 33.6. The number of allylic oxidation sites excluding steroid dienone is 1. The van der Waals surface area contributed by atoms with Gasteiger partial charge in [-0.2, -0.15) is 0 Å². The SMILES string of the molecule is C/C(=N\OC(=O)N(CCC1NCCC1=S)C(C)C)[C@H]1CC[C@H]2[C@@H]3CCC4=CC(=O)CC[C@]4(C)[C@H]3CC[C@]12C. The Kier molecular flexibility index (Phi) is 7.91. The van der Waals surface area contributed by atoms with Crippen molar-refractivity contribution in [1.82, 2.24) is 10.2 Å². The second kappa shape index (κ2) is 10.8. The lowest BCUT2D eigenvalue weighted by Crippen LogP contribution is -2.51. The Balaban J connectivity index is 1.24. The molecule has 0 radical (unpaired) electrons. The van der Waals surface area contributed by atoms with Gasteiger partial charge in [-0.05, 0) is 113 Å². The first-order valence-electron chi connectivity index (χ1n) is 15.1. The second-order valence-corrected chi connectivity index (χ2v) is 14.1. The van der Waals surface area contributed by atoms with Gasteiger partial charge in [0.25, 0.3) is 0 Å². The number of nitrogens with zero attached hydrogens (tertiary/aromatic N) is 2. The smallest absolute Gasteiger partial charge is 0.309 e. The summed E-state index contributed by atoms with van der Waals surface area (Å²) in [5.41, 5.74) is 2.80. The summed E-state index contributed by atoms with van der Waals surface area (Å²) in [5, 5.41) is 7.90. The molecule has 0 bridgehead atoms. The molecule has 38 heavy (non-hydrogen) atoms. The fourth-order valence-corrected chi connectivity index (χ4v) is 9.53. The van der Waals surface area contributed by atoms with Crippen LogP contribution < -0.4 is 5.32 Å². The van der Waals surface area contributed by atoms with Crippen LogP contribution in [-0.2, 0) is 9.63 Å². The van der Waals surface area contributed by atoms with Gasteiger partial charge in [0.15, 0.2) is 5.78 Å². The first-order valence-corrected chi connectivity index (χ1v) is 15.5. The minimum atomic E-state index is -0.363. The Morgan fingerprint density at radius 3 is 2.66 bits per heavy atom. The molecule has 1 unspecified atom stereocenters. The van der Waals surface area contributed by atoms with Gasteiger partial charge in [0.05, 0.1) is 5.71 Å². The first-order chi connectivity index (χ1) is 18.0. The third-order valence-corrected chi connectivity index (χ3v) is 11.9. The Morgan fingerprint density at radius 1 is 1.16 bits per heavy atom. The summed E-state index contributed by atoms with van der Waals surface area (Å²) in [6, 6.07) is 0.246. The number of amides is 1. The highest BCUT2D eigenvalue weighted by Crippen LogP contribution is 2.66. The van der Waals surface area contributed by atoms with E-state index in [0.29, 0.717) is 36.5 Å². The molecule has 1 heterocycles. The van der Waals surface area contributed by atoms with Crippen LogP contribution in [-0.4, -0.2) is 52.5 Å². The Morgan fingerprint density at radius 2 is 1.95 bits per heavy atom. The maximum Gasteiger partial charge on any atom is 0.436 e. The molecule has 0 aromatic heterocycles. The molecule has 1 aliphatic heterocycles. The normalized spacial score (nSPS) is 38.9. The van der Waals surface area contributed by atoms with E-state index in [1.807, 2.05) is 19.9 Å². The van der Waals surface area contributed by atoms with Crippen molar-refractivity contribution >= 4 is 34.7 Å². The van der Waals surface area contributed by atoms with Crippen LogP contribution in [0.4, 0.5) is 4.79 Å². The van der Waals surface area contributed by atoms with Crippen LogP contribution in [0.3, 0.4) is 0 Å². The summed E-state index contributed by atoms with van der Waals surface area (Å²) < 4.78 is 0. The third-order valence-electron chi connectivity index (χ3n) is 11.4. The molecule has 7 heteroatoms. The van der Waals surface area contributed by atoms with Crippen LogP contribution in [0.2, 0.25) is 0 Å². The van der Waals surface area contributed by atoms with E-state index in [2.05, 4.69) is 31.2 Å². The highest BCUT2D eigenvalue weighted by Gasteiger charge is 2.59. The van der Waals surface area contributed by atoms with E-state index in [4.69, 9.17) is 17.1 Å². The van der Waals surface area contributed by atoms with E-state index >= 15 is 0 Å². The minimum Gasteiger partial charge on any atom is -0.309 e. The number of rotatable bonds is 6. The predicted molar refractivity (Wildman–Crippen MR) is 155 cm³/mol. The van der Waals surface area contributed by atoms with Crippen molar-refractivity contribution in [3.63, 3.8) is 0 Å². The summed E-state index contributed by atoms with van der Waals surface area (Å²) in [7, 11) is 0. The molecule has 4 aliphatic carbocycles. The van der Waals surface area contributed by atoms with E-state index in [1.165, 1.54) is 31.3 Å². The zero-order chi connectivity index (χ0) is 27.2. The summed E-state index contributed by atoms with van der Waals surface area (Å²) in [5.74, 6) is 2.76. The number of carbonyl (C=O) groups excluding carboxylic acids is 2. The van der Waals surface area contributed by atoms with Gasteiger partial charge in [0.1, 0.15) is 0 Å². The maximum absolute atomic E-state index is 13.0. The Hall–Kier alpha value is -1.60. The van der Waals surface area contributed by atoms with E-state index in [1.54, 1.807) is 4.90 Å². The van der Waals surface area contributed by atoms with Gasteiger partial charge in [0, 0.05) is 42.4 Å². The van der Waals surface area contributed by atoms with Crippen LogP contribution in [0.15, 0.2) is 16.8 Å². The van der Waals surface area contributed by atoms with Crippen molar-refractivity contribution in [3.05, 3.63) is 11.6 Å². The molecule has 210 valence electrons. The molecule has 7 atom stereocenters. The minimum absolute atomic E-state index is 0.0401. The lowest BCUT2D eigenvalue weighted by Gasteiger charge is -2.58. The fraction of sp³-hybridized carbons (Fsp3) is 0.806. The lowest BCUT2D eigenvalue weighted by molar-refractivity contribution is -0.117. The molecular formula is C31H47N3O3S. The monoisotopic (exact) mass is 541 g/mol. The van der Waals surface area contributed by atoms with Gasteiger partial charge in [0.2, 0.25) is 0 Å². The van der Waals surface area contributed by atoms with Crippen LogP contribution >= 0.6 is 12.2 Å². The van der Waals surface area contributed by atoms with Crippen LogP contribution in [0.1, 0.15) is 98.8 Å². The zero-order valence-corrected chi connectivity index (χ0v) is 24.9. The molecule has 0 aromatic carbocycles. The number of carbonyl (C=O) groups is 2. The van der Waals surface area contributed by atoms with Crippen molar-refractivity contribution < 1.29 is 14.4 Å². The third kappa shape index (κ3) is 4.91. The molecule has 6 nitrogen and oxygen atoms in total. The standard InChI is InChI=1S/C31H47N3O3S/c1-19(2)34(17-13-27-28(38)12-16-32-27)29(36)37-33-20(3)24-8-9-25-23-7-6-21-18-22(35)10-14-30(21,4)26(23)11-15-31(24,25)5/h18-19,23-27,32H,6-17H2,1-5H3/b33-20+/t23-,24+,25-,26-,27?,30-,31+/m0/s1. The number of oxime groups is 1. The topological polar surface area (TPSA) is 71.0 Å². The van der Waals surface area contributed by atoms with Gasteiger partial charge in [-0.1, -0.05) is 36.8 Å². The van der Waals surface area contributed by atoms with Crippen molar-refractivity contribution in [1.29, 1.82) is 0 Å². The van der Waals surface area contributed by atoms with Gasteiger partial charge in [-0.15, -0.1) is 0 Å². The van der Waals surface area contributed by atoms with E-state index in [-0.39, 0.29) is 29.0 Å². The van der Waals surface area contributed by atoms with Crippen molar-refractivity contribution in [2.75, 3.05) is 13.1 Å². The maximum atomic E-state index is 13.0. The van der Waals surface area contributed by atoms with Crippen molar-refractivity contribution in [2.24, 2.45) is 39.7 Å². The molecule has 3 saturated carbocycles. The van der Waals surface area contributed by atoms with E-state index in [9.17, 15) is 9.59 Å². The summed E-state index contributed by atoms with van der Waals surface area (Å²) in [6.45, 7) is 12.6. The summed E-state index contributed by atoms with van der Waals surface area (Å²) in [6.07, 6.45) is 12.2. The van der Waals surface area contributed by atoms with E-state index < -0.39 is 0 Å². The van der Waals surface area contributed by atoms with Crippen LogP contribution in [0.5, 0.6) is 0 Å². The molecule has 5 rings (SSSR count). The summed E-state index contributed by atoms with van der Waals surface area (Å²) >= 11 is 5.47. The quantitative estimate of drug-likeness (QED) is 0.180. The van der Waals surface area contributed by atoms with E-state index in [0.717, 1.165) is 55.1 Å². The molecule has 0 spiro atoms. The highest BCUT2D eigenvalue weighted by molar-refractivity contribution is 7.80. The van der Waals surface area contributed by atoms with Gasteiger partial charge in [-0.25, -0.2) is 4.79 Å². The molecule has 0 aromatic rings. The molecule has 5 aliphatic rings. The largest absolute Gasteiger partial charge is 0.436 e. The number of nitrogens with one attached hydrogen (secondary N) is 1. The average Bonchev–Trinajstić information content (AvgIpc) is 3.45. The Bertz CT molecular complexity index is 1040. The van der Waals surface area contributed by atoms with Crippen LogP contribution in [0.25, 0.3) is 0 Å². The number of thiocarbonyl (C=S) groups is 1. The molecule has 4 fully saturated rings. The first kappa shape index (κ1) is 27.9. The number of fused-ring (bicyclic) bond motifs is 5. The average molecular weight is 542 g/mol. The van der Waals surface area contributed by atoms with Gasteiger partial charge >= 0.3 is 6.09 Å². The number of hydrogen-bond donors (Lipinski definition) is 1. The van der Waals surface area contributed by atoms with Crippen LogP contribution in [0, 0.1) is 34.5 Å². The molecular weight excluding hydrogens is 494 g/mol. The highest BCUT2D eigenvalue weighted by atomic mass is 32.1. The second-order valence-electron chi connectivity index (χ2n) is 13.5. The zero-order valence-electron chi connectivity index (χ0n) is 24.1. The molecule has 1 amide bonds. The van der Waals surface area contributed by atoms with Gasteiger partial charge in [-0.3, -0.25) is 9.63 Å². The van der Waals surface area contributed by atoms with Crippen molar-refractivity contribution in [3.8, 4) is 0 Å². The van der Waals surface area contributed by atoms with Crippen molar-refractivity contribution in [2.45, 2.75) is 111 Å². The predicted octanol–water partition coefficient (Wildman–Crippen LogP) is 6.48.